The molecule has 0 radical (unpaired) electrons. The molecule has 3 aromatic rings. The Morgan fingerprint density at radius 2 is 2.19 bits per heavy atom. The highest BCUT2D eigenvalue weighted by Gasteiger charge is 2.32. The molecule has 2 aromatic heterocycles. The van der Waals surface area contributed by atoms with Crippen LogP contribution in [0.15, 0.2) is 35.0 Å². The highest BCUT2D eigenvalue weighted by Crippen LogP contribution is 2.41. The van der Waals surface area contributed by atoms with Crippen molar-refractivity contribution in [3.63, 3.8) is 0 Å². The zero-order chi connectivity index (χ0) is 22.3. The number of benzene rings is 1. The zero-order valence-corrected chi connectivity index (χ0v) is 19.5. The van der Waals surface area contributed by atoms with Crippen molar-refractivity contribution in [3.8, 4) is 11.5 Å². The number of anilines is 1. The molecule has 0 aliphatic carbocycles. The van der Waals surface area contributed by atoms with Crippen molar-refractivity contribution in [1.29, 1.82) is 0 Å². The predicted octanol–water partition coefficient (Wildman–Crippen LogP) is 4.13. The van der Waals surface area contributed by atoms with Crippen LogP contribution in [0.2, 0.25) is 0 Å². The second-order valence-electron chi connectivity index (χ2n) is 8.49. The first-order chi connectivity index (χ1) is 15.4. The summed E-state index contributed by atoms with van der Waals surface area (Å²) >= 11 is 2.90. The lowest BCUT2D eigenvalue weighted by Crippen LogP contribution is -2.38. The molecule has 0 bridgehead atoms. The van der Waals surface area contributed by atoms with Crippen molar-refractivity contribution >= 4 is 39.6 Å². The van der Waals surface area contributed by atoms with E-state index in [-0.39, 0.29) is 24.0 Å². The van der Waals surface area contributed by atoms with Crippen LogP contribution in [0.3, 0.4) is 0 Å². The number of rotatable bonds is 5. The Balaban J connectivity index is 1.20. The van der Waals surface area contributed by atoms with Crippen LogP contribution < -0.4 is 14.8 Å². The second kappa shape index (κ2) is 8.22. The number of hydrogen-bond donors (Lipinski definition) is 1. The van der Waals surface area contributed by atoms with Crippen LogP contribution >= 0.6 is 22.7 Å². The van der Waals surface area contributed by atoms with Gasteiger partial charge < -0.3 is 14.4 Å². The van der Waals surface area contributed by atoms with Gasteiger partial charge in [0.1, 0.15) is 5.60 Å². The van der Waals surface area contributed by atoms with E-state index in [0.717, 1.165) is 28.3 Å². The molecule has 166 valence electrons. The van der Waals surface area contributed by atoms with E-state index < -0.39 is 0 Å². The average molecular weight is 470 g/mol. The van der Waals surface area contributed by atoms with Gasteiger partial charge in [0.15, 0.2) is 23.2 Å². The highest BCUT2D eigenvalue weighted by molar-refractivity contribution is 7.16. The number of thiophene rings is 1. The lowest BCUT2D eigenvalue weighted by Gasteiger charge is -2.26. The maximum absolute atomic E-state index is 12.8. The van der Waals surface area contributed by atoms with Gasteiger partial charge in [0, 0.05) is 35.2 Å². The van der Waals surface area contributed by atoms with E-state index >= 15 is 0 Å². The van der Waals surface area contributed by atoms with E-state index in [1.54, 1.807) is 16.3 Å². The molecule has 7 nitrogen and oxygen atoms in total. The first kappa shape index (κ1) is 21.0. The van der Waals surface area contributed by atoms with Crippen LogP contribution in [0.25, 0.3) is 0 Å². The fraction of sp³-hybridized carbons (Fsp3) is 0.348. The average Bonchev–Trinajstić information content (AvgIpc) is 3.48. The van der Waals surface area contributed by atoms with Crippen molar-refractivity contribution in [1.82, 2.24) is 9.88 Å². The first-order valence-electron chi connectivity index (χ1n) is 10.4. The standard InChI is InChI=1S/C23H23N3O4S2/c1-23(2)10-14-4-3-5-17(20(14)30-23)29-12-19(27)26-8-6-16-18(11-26)32-22(24-16)25-21(28)15-7-9-31-13-15/h3-5,7,9,13H,6,8,10-12H2,1-2H3,(H,24,25,28). The topological polar surface area (TPSA) is 80.8 Å². The number of nitrogens with zero attached hydrogens (tertiary/aromatic N) is 2. The zero-order valence-electron chi connectivity index (χ0n) is 17.8. The van der Waals surface area contributed by atoms with Crippen LogP contribution in [0.1, 0.15) is 40.3 Å². The molecule has 2 aliphatic rings. The monoisotopic (exact) mass is 469 g/mol. The number of para-hydroxylation sites is 1. The van der Waals surface area contributed by atoms with Crippen molar-refractivity contribution in [2.24, 2.45) is 0 Å². The third kappa shape index (κ3) is 4.22. The van der Waals surface area contributed by atoms with Crippen molar-refractivity contribution in [3.05, 3.63) is 56.7 Å². The number of carbonyl (C=O) groups excluding carboxylic acids is 2. The molecule has 1 aromatic carbocycles. The van der Waals surface area contributed by atoms with Crippen LogP contribution in [0.5, 0.6) is 11.5 Å². The largest absolute Gasteiger partial charge is 0.483 e. The molecule has 32 heavy (non-hydrogen) atoms. The number of fused-ring (bicyclic) bond motifs is 2. The number of thiazole rings is 1. The van der Waals surface area contributed by atoms with Gasteiger partial charge in [-0.2, -0.15) is 11.3 Å². The van der Waals surface area contributed by atoms with Gasteiger partial charge in [-0.25, -0.2) is 4.98 Å². The van der Waals surface area contributed by atoms with E-state index in [0.29, 0.717) is 36.0 Å². The minimum Gasteiger partial charge on any atom is -0.483 e. The molecular weight excluding hydrogens is 446 g/mol. The number of amides is 2. The quantitative estimate of drug-likeness (QED) is 0.608. The maximum atomic E-state index is 12.8. The smallest absolute Gasteiger partial charge is 0.260 e. The normalized spacial score (nSPS) is 16.1. The summed E-state index contributed by atoms with van der Waals surface area (Å²) in [5.74, 6) is 1.09. The van der Waals surface area contributed by atoms with Crippen LogP contribution in [-0.4, -0.2) is 40.5 Å². The number of ether oxygens (including phenoxy) is 2. The minimum atomic E-state index is -0.266. The molecule has 0 saturated carbocycles. The van der Waals surface area contributed by atoms with Gasteiger partial charge in [-0.15, -0.1) is 0 Å². The van der Waals surface area contributed by atoms with Crippen LogP contribution in [0.4, 0.5) is 5.13 Å². The Bertz CT molecular complexity index is 1170. The van der Waals surface area contributed by atoms with E-state index in [2.05, 4.69) is 10.3 Å². The molecule has 9 heteroatoms. The lowest BCUT2D eigenvalue weighted by atomic mass is 10.0. The van der Waals surface area contributed by atoms with Crippen LogP contribution in [0, 0.1) is 0 Å². The summed E-state index contributed by atoms with van der Waals surface area (Å²) in [4.78, 5) is 32.4. The molecule has 2 aliphatic heterocycles. The Labute approximate surface area is 194 Å². The van der Waals surface area contributed by atoms with Crippen molar-refractivity contribution in [2.45, 2.75) is 38.8 Å². The van der Waals surface area contributed by atoms with Crippen molar-refractivity contribution < 1.29 is 19.1 Å². The molecule has 2 amide bonds. The fourth-order valence-corrected chi connectivity index (χ4v) is 5.61. The number of aromatic nitrogens is 1. The highest BCUT2D eigenvalue weighted by atomic mass is 32.1. The number of hydrogen-bond acceptors (Lipinski definition) is 7. The van der Waals surface area contributed by atoms with Gasteiger partial charge in [-0.3, -0.25) is 14.9 Å². The molecular formula is C23H23N3O4S2. The minimum absolute atomic E-state index is 0.0455. The van der Waals surface area contributed by atoms with Crippen molar-refractivity contribution in [2.75, 3.05) is 18.5 Å². The van der Waals surface area contributed by atoms with Gasteiger partial charge in [0.2, 0.25) is 0 Å². The van der Waals surface area contributed by atoms with E-state index in [9.17, 15) is 9.59 Å². The summed E-state index contributed by atoms with van der Waals surface area (Å²) in [5.41, 5.74) is 2.40. The Morgan fingerprint density at radius 3 is 3.00 bits per heavy atom. The van der Waals surface area contributed by atoms with E-state index in [4.69, 9.17) is 9.47 Å². The number of nitrogens with one attached hydrogen (secondary N) is 1. The molecule has 0 saturated heterocycles. The summed E-state index contributed by atoms with van der Waals surface area (Å²) in [6, 6.07) is 7.58. The third-order valence-corrected chi connectivity index (χ3v) is 7.17. The summed E-state index contributed by atoms with van der Waals surface area (Å²) < 4.78 is 11.9. The Kier molecular flexibility index (Phi) is 5.38. The Morgan fingerprint density at radius 1 is 1.31 bits per heavy atom. The summed E-state index contributed by atoms with van der Waals surface area (Å²) in [5, 5.41) is 7.09. The summed E-state index contributed by atoms with van der Waals surface area (Å²) in [7, 11) is 0. The van der Waals surface area contributed by atoms with Crippen LogP contribution in [-0.2, 0) is 24.2 Å². The van der Waals surface area contributed by atoms with Gasteiger partial charge in [-0.05, 0) is 31.4 Å². The molecule has 4 heterocycles. The molecule has 5 rings (SSSR count). The molecule has 1 N–H and O–H groups in total. The van der Waals surface area contributed by atoms with Gasteiger partial charge in [-0.1, -0.05) is 23.5 Å². The van der Waals surface area contributed by atoms with Gasteiger partial charge in [0.25, 0.3) is 11.8 Å². The van der Waals surface area contributed by atoms with Gasteiger partial charge >= 0.3 is 0 Å². The molecule has 0 atom stereocenters. The molecule has 0 fully saturated rings. The number of carbonyl (C=O) groups is 2. The summed E-state index contributed by atoms with van der Waals surface area (Å²) in [6.07, 6.45) is 1.48. The van der Waals surface area contributed by atoms with E-state index in [1.165, 1.54) is 22.7 Å². The second-order valence-corrected chi connectivity index (χ2v) is 10.4. The predicted molar refractivity (Wildman–Crippen MR) is 124 cm³/mol. The van der Waals surface area contributed by atoms with Gasteiger partial charge in [0.05, 0.1) is 17.8 Å². The third-order valence-electron chi connectivity index (χ3n) is 5.49. The molecule has 0 spiro atoms. The first-order valence-corrected chi connectivity index (χ1v) is 12.2. The summed E-state index contributed by atoms with van der Waals surface area (Å²) in [6.45, 7) is 5.09. The molecule has 0 unspecified atom stereocenters. The van der Waals surface area contributed by atoms with E-state index in [1.807, 2.05) is 37.4 Å². The maximum Gasteiger partial charge on any atom is 0.260 e. The Hall–Kier alpha value is -2.91. The fourth-order valence-electron chi connectivity index (χ4n) is 3.96. The SMILES string of the molecule is CC1(C)Cc2cccc(OCC(=O)N3CCc4nc(NC(=O)c5ccsc5)sc4C3)c2O1. The lowest BCUT2D eigenvalue weighted by molar-refractivity contribution is -0.134.